The molecule has 1 aromatic rings. The normalized spacial score (nSPS) is 21.8. The van der Waals surface area contributed by atoms with Crippen molar-refractivity contribution >= 4 is 15.8 Å². The molecular formula is C10H16N4O3S. The SMILES string of the molecule is CNc1nccnc1C1CN(S(C)(=O)=O)CCO1. The van der Waals surface area contributed by atoms with Crippen molar-refractivity contribution in [2.75, 3.05) is 38.3 Å². The Kier molecular flexibility index (Phi) is 3.79. The van der Waals surface area contributed by atoms with E-state index in [-0.39, 0.29) is 12.6 Å². The van der Waals surface area contributed by atoms with Crippen LogP contribution < -0.4 is 5.32 Å². The van der Waals surface area contributed by atoms with E-state index in [4.69, 9.17) is 4.74 Å². The van der Waals surface area contributed by atoms with Gasteiger partial charge in [0.1, 0.15) is 17.6 Å². The monoisotopic (exact) mass is 272 g/mol. The molecule has 1 saturated heterocycles. The summed E-state index contributed by atoms with van der Waals surface area (Å²) in [6, 6.07) is 0. The highest BCUT2D eigenvalue weighted by atomic mass is 32.2. The topological polar surface area (TPSA) is 84.4 Å². The minimum absolute atomic E-state index is 0.270. The number of nitrogens with zero attached hydrogens (tertiary/aromatic N) is 3. The molecule has 1 N–H and O–H groups in total. The van der Waals surface area contributed by atoms with Crippen LogP contribution in [0.5, 0.6) is 0 Å². The van der Waals surface area contributed by atoms with Crippen LogP contribution in [-0.4, -0.2) is 55.7 Å². The zero-order valence-electron chi connectivity index (χ0n) is 10.3. The molecule has 1 atom stereocenters. The third kappa shape index (κ3) is 2.77. The van der Waals surface area contributed by atoms with Gasteiger partial charge in [-0.2, -0.15) is 4.31 Å². The Bertz CT molecular complexity index is 520. The van der Waals surface area contributed by atoms with E-state index in [1.54, 1.807) is 19.4 Å². The molecule has 100 valence electrons. The molecule has 0 aromatic carbocycles. The Hall–Kier alpha value is -1.25. The number of ether oxygens (including phenoxy) is 1. The van der Waals surface area contributed by atoms with Gasteiger partial charge in [-0.05, 0) is 0 Å². The zero-order valence-corrected chi connectivity index (χ0v) is 11.1. The van der Waals surface area contributed by atoms with E-state index >= 15 is 0 Å². The van der Waals surface area contributed by atoms with E-state index in [9.17, 15) is 8.42 Å². The third-order valence-corrected chi connectivity index (χ3v) is 4.04. The van der Waals surface area contributed by atoms with Gasteiger partial charge in [0.25, 0.3) is 0 Å². The van der Waals surface area contributed by atoms with E-state index in [0.29, 0.717) is 24.7 Å². The molecule has 1 aromatic heterocycles. The number of sulfonamides is 1. The summed E-state index contributed by atoms with van der Waals surface area (Å²) in [5, 5.41) is 2.92. The predicted octanol–water partition coefficient (Wildman–Crippen LogP) is -0.149. The van der Waals surface area contributed by atoms with Crippen molar-refractivity contribution in [2.45, 2.75) is 6.10 Å². The van der Waals surface area contributed by atoms with Gasteiger partial charge in [0, 0.05) is 32.5 Å². The number of morpholine rings is 1. The Morgan fingerprint density at radius 2 is 2.17 bits per heavy atom. The summed E-state index contributed by atoms with van der Waals surface area (Å²) in [7, 11) is -1.46. The van der Waals surface area contributed by atoms with Crippen LogP contribution in [0.15, 0.2) is 12.4 Å². The highest BCUT2D eigenvalue weighted by Gasteiger charge is 2.29. The summed E-state index contributed by atoms with van der Waals surface area (Å²) in [6.45, 7) is 1.01. The molecule has 1 fully saturated rings. The molecule has 2 rings (SSSR count). The number of hydrogen-bond donors (Lipinski definition) is 1. The van der Waals surface area contributed by atoms with E-state index < -0.39 is 10.0 Å². The molecule has 1 unspecified atom stereocenters. The van der Waals surface area contributed by atoms with Gasteiger partial charge in [-0.3, -0.25) is 4.98 Å². The minimum atomic E-state index is -3.20. The Morgan fingerprint density at radius 3 is 2.83 bits per heavy atom. The first-order chi connectivity index (χ1) is 8.52. The lowest BCUT2D eigenvalue weighted by Crippen LogP contribution is -2.42. The average molecular weight is 272 g/mol. The summed E-state index contributed by atoms with van der Waals surface area (Å²) >= 11 is 0. The largest absolute Gasteiger partial charge is 0.372 e. The molecule has 0 aliphatic carbocycles. The summed E-state index contributed by atoms with van der Waals surface area (Å²) in [6.07, 6.45) is 3.96. The average Bonchev–Trinajstić information content (AvgIpc) is 2.38. The fourth-order valence-electron chi connectivity index (χ4n) is 1.87. The van der Waals surface area contributed by atoms with E-state index in [0.717, 1.165) is 0 Å². The number of rotatable bonds is 3. The molecule has 0 radical (unpaired) electrons. The van der Waals surface area contributed by atoms with Crippen LogP contribution in [0.4, 0.5) is 5.82 Å². The predicted molar refractivity (Wildman–Crippen MR) is 66.7 cm³/mol. The van der Waals surface area contributed by atoms with Crippen LogP contribution in [-0.2, 0) is 14.8 Å². The number of nitrogens with one attached hydrogen (secondary N) is 1. The first-order valence-corrected chi connectivity index (χ1v) is 7.42. The number of hydrogen-bond acceptors (Lipinski definition) is 6. The standard InChI is InChI=1S/C10H16N4O3S/c1-11-10-9(12-3-4-13-10)8-7-14(5-6-17-8)18(2,15)16/h3-4,8H,5-7H2,1-2H3,(H,11,13). The van der Waals surface area contributed by atoms with Crippen LogP contribution >= 0.6 is 0 Å². The van der Waals surface area contributed by atoms with E-state index in [1.807, 2.05) is 0 Å². The second-order valence-electron chi connectivity index (χ2n) is 4.02. The molecule has 18 heavy (non-hydrogen) atoms. The van der Waals surface area contributed by atoms with Gasteiger partial charge in [0.2, 0.25) is 10.0 Å². The van der Waals surface area contributed by atoms with Crippen LogP contribution in [0, 0.1) is 0 Å². The smallest absolute Gasteiger partial charge is 0.211 e. The van der Waals surface area contributed by atoms with E-state index in [2.05, 4.69) is 15.3 Å². The Labute approximate surface area is 106 Å². The van der Waals surface area contributed by atoms with Crippen molar-refractivity contribution in [1.82, 2.24) is 14.3 Å². The van der Waals surface area contributed by atoms with Crippen molar-refractivity contribution in [1.29, 1.82) is 0 Å². The zero-order chi connectivity index (χ0) is 13.2. The quantitative estimate of drug-likeness (QED) is 0.824. The molecule has 2 heterocycles. The van der Waals surface area contributed by atoms with Crippen LogP contribution in [0.1, 0.15) is 11.8 Å². The minimum Gasteiger partial charge on any atom is -0.372 e. The highest BCUT2D eigenvalue weighted by molar-refractivity contribution is 7.88. The maximum Gasteiger partial charge on any atom is 0.211 e. The highest BCUT2D eigenvalue weighted by Crippen LogP contribution is 2.25. The number of aromatic nitrogens is 2. The molecule has 1 aliphatic rings. The maximum atomic E-state index is 11.5. The molecule has 0 saturated carbocycles. The Morgan fingerprint density at radius 1 is 1.44 bits per heavy atom. The van der Waals surface area contributed by atoms with Gasteiger partial charge in [0.15, 0.2) is 0 Å². The van der Waals surface area contributed by atoms with Gasteiger partial charge >= 0.3 is 0 Å². The van der Waals surface area contributed by atoms with Crippen LogP contribution in [0.25, 0.3) is 0 Å². The second kappa shape index (κ2) is 5.17. The summed E-state index contributed by atoms with van der Waals surface area (Å²) < 4.78 is 30.1. The van der Waals surface area contributed by atoms with Crippen molar-refractivity contribution in [2.24, 2.45) is 0 Å². The molecule has 1 aliphatic heterocycles. The summed E-state index contributed by atoms with van der Waals surface area (Å²) in [4.78, 5) is 8.36. The maximum absolute atomic E-state index is 11.5. The van der Waals surface area contributed by atoms with Crippen LogP contribution in [0.2, 0.25) is 0 Å². The lowest BCUT2D eigenvalue weighted by Gasteiger charge is -2.31. The summed E-state index contributed by atoms with van der Waals surface area (Å²) in [5.74, 6) is 0.609. The number of anilines is 1. The lowest BCUT2D eigenvalue weighted by molar-refractivity contribution is -0.00447. The van der Waals surface area contributed by atoms with Crippen molar-refractivity contribution in [3.05, 3.63) is 18.1 Å². The lowest BCUT2D eigenvalue weighted by atomic mass is 10.2. The van der Waals surface area contributed by atoms with Gasteiger partial charge < -0.3 is 10.1 Å². The van der Waals surface area contributed by atoms with Gasteiger partial charge in [-0.1, -0.05) is 0 Å². The molecule has 0 amide bonds. The van der Waals surface area contributed by atoms with Crippen molar-refractivity contribution in [3.8, 4) is 0 Å². The van der Waals surface area contributed by atoms with Crippen LogP contribution in [0.3, 0.4) is 0 Å². The first kappa shape index (κ1) is 13.2. The first-order valence-electron chi connectivity index (χ1n) is 5.57. The molecule has 8 heteroatoms. The molecular weight excluding hydrogens is 256 g/mol. The second-order valence-corrected chi connectivity index (χ2v) is 6.00. The fourth-order valence-corrected chi connectivity index (χ4v) is 2.68. The fraction of sp³-hybridized carbons (Fsp3) is 0.600. The molecule has 0 bridgehead atoms. The van der Waals surface area contributed by atoms with E-state index in [1.165, 1.54) is 10.6 Å². The Balaban J connectivity index is 2.23. The third-order valence-electron chi connectivity index (χ3n) is 2.77. The van der Waals surface area contributed by atoms with Gasteiger partial charge in [0.05, 0.1) is 12.9 Å². The molecule has 0 spiro atoms. The van der Waals surface area contributed by atoms with Gasteiger partial charge in [-0.25, -0.2) is 13.4 Å². The van der Waals surface area contributed by atoms with Crippen molar-refractivity contribution < 1.29 is 13.2 Å². The van der Waals surface area contributed by atoms with Gasteiger partial charge in [-0.15, -0.1) is 0 Å². The summed E-state index contributed by atoms with van der Waals surface area (Å²) in [5.41, 5.74) is 0.633. The molecule has 7 nitrogen and oxygen atoms in total. The van der Waals surface area contributed by atoms with Crippen molar-refractivity contribution in [3.63, 3.8) is 0 Å².